The summed E-state index contributed by atoms with van der Waals surface area (Å²) in [6.07, 6.45) is 0. The number of aryl methyl sites for hydroxylation is 4. The van der Waals surface area contributed by atoms with Gasteiger partial charge in [0.2, 0.25) is 0 Å². The molecular weight excluding hydrogens is 350 g/mol. The van der Waals surface area contributed by atoms with E-state index >= 15 is 0 Å². The van der Waals surface area contributed by atoms with E-state index in [0.29, 0.717) is 0 Å². The fraction of sp³-hybridized carbons (Fsp3) is 0.154. The van der Waals surface area contributed by atoms with Crippen LogP contribution < -0.4 is 0 Å². The van der Waals surface area contributed by atoms with E-state index < -0.39 is 11.6 Å². The maximum absolute atomic E-state index is 14.4. The van der Waals surface area contributed by atoms with Crippen LogP contribution in [0.2, 0.25) is 0 Å². The summed E-state index contributed by atoms with van der Waals surface area (Å²) in [7, 11) is 0. The van der Waals surface area contributed by atoms with Crippen molar-refractivity contribution in [1.29, 1.82) is 0 Å². The van der Waals surface area contributed by atoms with E-state index in [4.69, 9.17) is 0 Å². The molecule has 0 fully saturated rings. The van der Waals surface area contributed by atoms with Crippen molar-refractivity contribution in [2.45, 2.75) is 27.7 Å². The van der Waals surface area contributed by atoms with E-state index in [1.54, 1.807) is 0 Å². The summed E-state index contributed by atoms with van der Waals surface area (Å²) in [5.41, 5.74) is 5.88. The monoisotopic (exact) mass is 370 g/mol. The Bertz CT molecular complexity index is 1120. The second kappa shape index (κ2) is 8.12. The van der Waals surface area contributed by atoms with Gasteiger partial charge in [0.25, 0.3) is 0 Å². The van der Waals surface area contributed by atoms with Crippen LogP contribution in [0.3, 0.4) is 0 Å². The van der Waals surface area contributed by atoms with E-state index in [1.165, 1.54) is 12.1 Å². The average Bonchev–Trinajstić information content (AvgIpc) is 2.62. The number of rotatable bonds is 0. The first kappa shape index (κ1) is 19.4. The minimum atomic E-state index is -0.705. The molecule has 28 heavy (non-hydrogen) atoms. The summed E-state index contributed by atoms with van der Waals surface area (Å²) in [6.45, 7) is 7.88. The topological polar surface area (TPSA) is 0 Å². The molecule has 0 unspecified atom stereocenters. The minimum absolute atomic E-state index is 0.236. The van der Waals surface area contributed by atoms with Gasteiger partial charge in [0.05, 0.1) is 5.56 Å². The van der Waals surface area contributed by atoms with E-state index in [9.17, 15) is 8.78 Å². The molecule has 0 atom stereocenters. The predicted octanol–water partition coefficient (Wildman–Crippen LogP) is 6.00. The summed E-state index contributed by atoms with van der Waals surface area (Å²) in [6, 6.07) is 14.1. The van der Waals surface area contributed by atoms with E-state index in [2.05, 4.69) is 23.7 Å². The van der Waals surface area contributed by atoms with Gasteiger partial charge in [-0.1, -0.05) is 59.1 Å². The molecular formula is C26H20F2. The van der Waals surface area contributed by atoms with Crippen LogP contribution >= 0.6 is 0 Å². The van der Waals surface area contributed by atoms with Crippen LogP contribution in [0.15, 0.2) is 48.5 Å². The van der Waals surface area contributed by atoms with Gasteiger partial charge < -0.3 is 0 Å². The molecule has 0 aliphatic heterocycles. The summed E-state index contributed by atoms with van der Waals surface area (Å²) in [4.78, 5) is 0. The van der Waals surface area contributed by atoms with E-state index in [1.807, 2.05) is 64.1 Å². The summed E-state index contributed by atoms with van der Waals surface area (Å²) in [5, 5.41) is 0. The van der Waals surface area contributed by atoms with Crippen molar-refractivity contribution in [1.82, 2.24) is 0 Å². The fourth-order valence-electron chi connectivity index (χ4n) is 3.05. The number of hydrogen-bond donors (Lipinski definition) is 0. The summed E-state index contributed by atoms with van der Waals surface area (Å²) >= 11 is 0. The molecule has 0 saturated heterocycles. The Kier molecular flexibility index (Phi) is 5.62. The van der Waals surface area contributed by atoms with Gasteiger partial charge in [0, 0.05) is 16.7 Å². The first-order valence-corrected chi connectivity index (χ1v) is 9.01. The zero-order valence-electron chi connectivity index (χ0n) is 16.4. The first-order valence-electron chi connectivity index (χ1n) is 9.01. The van der Waals surface area contributed by atoms with Gasteiger partial charge in [-0.15, -0.1) is 0 Å². The number of benzene rings is 3. The predicted molar refractivity (Wildman–Crippen MR) is 110 cm³/mol. The third-order valence-electron chi connectivity index (χ3n) is 4.43. The highest BCUT2D eigenvalue weighted by atomic mass is 19.1. The second-order valence-corrected chi connectivity index (χ2v) is 6.95. The lowest BCUT2D eigenvalue weighted by molar-refractivity contribution is 0.577. The highest BCUT2D eigenvalue weighted by molar-refractivity contribution is 5.53. The average molecular weight is 370 g/mol. The Labute approximate surface area is 165 Å². The van der Waals surface area contributed by atoms with E-state index in [-0.39, 0.29) is 11.1 Å². The van der Waals surface area contributed by atoms with Gasteiger partial charge in [-0.3, -0.25) is 0 Å². The molecule has 3 aromatic carbocycles. The molecule has 3 aromatic rings. The maximum Gasteiger partial charge on any atom is 0.143 e. The first-order chi connectivity index (χ1) is 13.3. The van der Waals surface area contributed by atoms with Gasteiger partial charge in [-0.25, -0.2) is 8.78 Å². The Morgan fingerprint density at radius 1 is 0.536 bits per heavy atom. The smallest absolute Gasteiger partial charge is 0.143 e. The largest absolute Gasteiger partial charge is 0.205 e. The summed E-state index contributed by atoms with van der Waals surface area (Å²) < 4.78 is 28.9. The lowest BCUT2D eigenvalue weighted by atomic mass is 10.00. The van der Waals surface area contributed by atoms with Crippen molar-refractivity contribution in [2.75, 3.05) is 0 Å². The Morgan fingerprint density at radius 3 is 1.61 bits per heavy atom. The number of halogens is 2. The van der Waals surface area contributed by atoms with Crippen molar-refractivity contribution < 1.29 is 8.78 Å². The lowest BCUT2D eigenvalue weighted by Crippen LogP contribution is -1.94. The molecule has 0 saturated carbocycles. The minimum Gasteiger partial charge on any atom is -0.205 e. The van der Waals surface area contributed by atoms with Gasteiger partial charge >= 0.3 is 0 Å². The van der Waals surface area contributed by atoms with Crippen LogP contribution in [0.5, 0.6) is 0 Å². The van der Waals surface area contributed by atoms with Crippen molar-refractivity contribution in [3.8, 4) is 23.7 Å². The van der Waals surface area contributed by atoms with E-state index in [0.717, 1.165) is 33.4 Å². The molecule has 2 heteroatoms. The third-order valence-corrected chi connectivity index (χ3v) is 4.43. The molecule has 0 N–H and O–H groups in total. The Balaban J connectivity index is 1.93. The van der Waals surface area contributed by atoms with Crippen molar-refractivity contribution >= 4 is 0 Å². The summed E-state index contributed by atoms with van der Waals surface area (Å²) in [5.74, 6) is 9.90. The third kappa shape index (κ3) is 4.48. The van der Waals surface area contributed by atoms with Crippen LogP contribution in [0.1, 0.15) is 44.5 Å². The molecule has 0 aliphatic rings. The van der Waals surface area contributed by atoms with Crippen LogP contribution in [-0.2, 0) is 0 Å². The maximum atomic E-state index is 14.4. The van der Waals surface area contributed by atoms with Crippen molar-refractivity contribution in [3.63, 3.8) is 0 Å². The standard InChI is InChI=1S/C26H20F2/c1-17-5-7-21(8-6-17)9-10-22-15-25(27)24(26(28)16-22)12-11-23-19(3)13-18(2)14-20(23)4/h5-8,13-16H,1-4H3. The molecule has 0 nitrogen and oxygen atoms in total. The zero-order valence-corrected chi connectivity index (χ0v) is 16.4. The molecule has 0 aromatic heterocycles. The molecule has 0 amide bonds. The molecule has 0 radical (unpaired) electrons. The zero-order chi connectivity index (χ0) is 20.3. The normalized spacial score (nSPS) is 9.93. The molecule has 0 spiro atoms. The van der Waals surface area contributed by atoms with Gasteiger partial charge in [0.1, 0.15) is 11.6 Å². The quantitative estimate of drug-likeness (QED) is 0.426. The van der Waals surface area contributed by atoms with Crippen LogP contribution in [-0.4, -0.2) is 0 Å². The lowest BCUT2D eigenvalue weighted by Gasteiger charge is -2.05. The van der Waals surface area contributed by atoms with Gasteiger partial charge in [-0.05, 0) is 63.1 Å². The van der Waals surface area contributed by atoms with Gasteiger partial charge in [0.15, 0.2) is 0 Å². The molecule has 138 valence electrons. The van der Waals surface area contributed by atoms with Crippen LogP contribution in [0.25, 0.3) is 0 Å². The molecule has 0 heterocycles. The van der Waals surface area contributed by atoms with Crippen molar-refractivity contribution in [3.05, 3.63) is 105 Å². The second-order valence-electron chi connectivity index (χ2n) is 6.95. The van der Waals surface area contributed by atoms with Crippen LogP contribution in [0.4, 0.5) is 8.78 Å². The molecule has 3 rings (SSSR count). The molecule has 0 aliphatic carbocycles. The van der Waals surface area contributed by atoms with Crippen molar-refractivity contribution in [2.24, 2.45) is 0 Å². The fourth-order valence-corrected chi connectivity index (χ4v) is 3.05. The number of hydrogen-bond acceptors (Lipinski definition) is 0. The van der Waals surface area contributed by atoms with Gasteiger partial charge in [-0.2, -0.15) is 0 Å². The SMILES string of the molecule is Cc1ccc(C#Cc2cc(F)c(C#Cc3c(C)cc(C)cc3C)c(F)c2)cc1. The Hall–Kier alpha value is -3.36. The molecule has 0 bridgehead atoms. The Morgan fingerprint density at radius 2 is 1.04 bits per heavy atom. The highest BCUT2D eigenvalue weighted by Crippen LogP contribution is 2.17. The van der Waals surface area contributed by atoms with Crippen LogP contribution in [0, 0.1) is 63.0 Å². The highest BCUT2D eigenvalue weighted by Gasteiger charge is 2.09.